The smallest absolute Gasteiger partial charge is 0.220 e. The third kappa shape index (κ3) is 5.48. The van der Waals surface area contributed by atoms with Gasteiger partial charge in [-0.15, -0.1) is 0 Å². The van der Waals surface area contributed by atoms with Gasteiger partial charge in [0.2, 0.25) is 5.88 Å². The molecule has 0 aliphatic carbocycles. The third-order valence-electron chi connectivity index (χ3n) is 4.91. The molecule has 0 unspecified atom stereocenters. The first-order chi connectivity index (χ1) is 14.7. The van der Waals surface area contributed by atoms with Gasteiger partial charge in [0.15, 0.2) is 9.84 Å². The van der Waals surface area contributed by atoms with Gasteiger partial charge in [-0.3, -0.25) is 0 Å². The fraction of sp³-hybridized carbons (Fsp3) is 0.292. The molecular formula is C24H26FNO4S. The summed E-state index contributed by atoms with van der Waals surface area (Å²) in [5, 5.41) is 10.5. The summed E-state index contributed by atoms with van der Waals surface area (Å²) in [5.41, 5.74) is 3.19. The zero-order valence-electron chi connectivity index (χ0n) is 17.8. The van der Waals surface area contributed by atoms with E-state index >= 15 is 0 Å². The number of hydrogen-bond acceptors (Lipinski definition) is 5. The van der Waals surface area contributed by atoms with Gasteiger partial charge in [-0.25, -0.2) is 17.8 Å². The minimum absolute atomic E-state index is 0.210. The van der Waals surface area contributed by atoms with Crippen LogP contribution in [0.2, 0.25) is 0 Å². The second kappa shape index (κ2) is 9.58. The summed E-state index contributed by atoms with van der Waals surface area (Å²) in [6, 6.07) is 14.2. The first kappa shape index (κ1) is 22.9. The van der Waals surface area contributed by atoms with Crippen LogP contribution in [0, 0.1) is 5.82 Å². The van der Waals surface area contributed by atoms with E-state index in [-0.39, 0.29) is 10.7 Å². The van der Waals surface area contributed by atoms with E-state index in [9.17, 15) is 17.9 Å². The zero-order chi connectivity index (χ0) is 22.6. The summed E-state index contributed by atoms with van der Waals surface area (Å²) in [6.07, 6.45) is 2.07. The van der Waals surface area contributed by atoms with Crippen LogP contribution >= 0.6 is 0 Å². The first-order valence-electron chi connectivity index (χ1n) is 10.1. The van der Waals surface area contributed by atoms with Crippen LogP contribution in [0.5, 0.6) is 5.88 Å². The Bertz CT molecular complexity index is 1140. The number of pyridine rings is 1. The molecular weight excluding hydrogens is 417 g/mol. The van der Waals surface area contributed by atoms with E-state index in [1.165, 1.54) is 24.3 Å². The monoisotopic (exact) mass is 443 g/mol. The van der Waals surface area contributed by atoms with Crippen LogP contribution in [-0.4, -0.2) is 31.4 Å². The van der Waals surface area contributed by atoms with Gasteiger partial charge in [0, 0.05) is 11.8 Å². The van der Waals surface area contributed by atoms with E-state index in [0.717, 1.165) is 24.7 Å². The van der Waals surface area contributed by atoms with E-state index in [2.05, 4.69) is 11.9 Å². The largest absolute Gasteiger partial charge is 0.477 e. The quantitative estimate of drug-likeness (QED) is 0.485. The topological polar surface area (TPSA) is 76.5 Å². The van der Waals surface area contributed by atoms with E-state index in [1.807, 2.05) is 0 Å². The van der Waals surface area contributed by atoms with Crippen LogP contribution in [0.1, 0.15) is 38.4 Å². The Balaban J connectivity index is 2.19. The molecule has 1 N–H and O–H groups in total. The van der Waals surface area contributed by atoms with Crippen molar-refractivity contribution in [3.63, 3.8) is 0 Å². The molecule has 1 aromatic heterocycles. The Kier molecular flexibility index (Phi) is 7.08. The molecule has 0 radical (unpaired) electrons. The number of nitrogens with zero attached hydrogens (tertiary/aromatic N) is 1. The molecule has 3 rings (SSSR count). The van der Waals surface area contributed by atoms with E-state index in [0.29, 0.717) is 34.9 Å². The van der Waals surface area contributed by atoms with Gasteiger partial charge in [0.25, 0.3) is 0 Å². The van der Waals surface area contributed by atoms with Crippen molar-refractivity contribution < 1.29 is 22.7 Å². The van der Waals surface area contributed by atoms with E-state index < -0.39 is 15.9 Å². The zero-order valence-corrected chi connectivity index (χ0v) is 18.6. The second-order valence-corrected chi connectivity index (χ2v) is 9.47. The SMILES string of the molecule is CCCCOc1nc(-c2ccc(F)cc2)cc(-c2ccc(S(C)(=O)=O)cc2)c1[C@H](C)O. The number of halogens is 1. The highest BCUT2D eigenvalue weighted by Gasteiger charge is 2.21. The Morgan fingerprint density at radius 3 is 2.23 bits per heavy atom. The predicted molar refractivity (Wildman–Crippen MR) is 119 cm³/mol. The van der Waals surface area contributed by atoms with Gasteiger partial charge in [-0.1, -0.05) is 25.5 Å². The lowest BCUT2D eigenvalue weighted by Gasteiger charge is -2.19. The van der Waals surface area contributed by atoms with Gasteiger partial charge in [0.05, 0.1) is 28.9 Å². The standard InChI is InChI=1S/C24H26FNO4S/c1-4-5-14-30-24-23(16(2)27)21(17-8-12-20(13-9-17)31(3,28)29)15-22(26-24)18-6-10-19(25)11-7-18/h6-13,15-16,27H,4-5,14H2,1-3H3/t16-/m0/s1. The van der Waals surface area contributed by atoms with Gasteiger partial charge < -0.3 is 9.84 Å². The fourth-order valence-electron chi connectivity index (χ4n) is 3.25. The second-order valence-electron chi connectivity index (χ2n) is 7.46. The molecule has 0 bridgehead atoms. The number of unbranched alkanes of at least 4 members (excludes halogenated alkanes) is 1. The van der Waals surface area contributed by atoms with Crippen molar-refractivity contribution >= 4 is 9.84 Å². The van der Waals surface area contributed by atoms with Gasteiger partial charge in [-0.2, -0.15) is 0 Å². The van der Waals surface area contributed by atoms with Gasteiger partial charge in [-0.05, 0) is 66.9 Å². The highest BCUT2D eigenvalue weighted by Crippen LogP contribution is 2.38. The predicted octanol–water partition coefficient (Wildman–Crippen LogP) is 5.19. The Labute approximate surface area is 182 Å². The fourth-order valence-corrected chi connectivity index (χ4v) is 3.88. The number of ether oxygens (including phenoxy) is 1. The van der Waals surface area contributed by atoms with Crippen molar-refractivity contribution in [3.05, 3.63) is 66.0 Å². The van der Waals surface area contributed by atoms with Crippen LogP contribution in [0.25, 0.3) is 22.4 Å². The minimum Gasteiger partial charge on any atom is -0.477 e. The summed E-state index contributed by atoms with van der Waals surface area (Å²) in [5.74, 6) is -0.0344. The van der Waals surface area contributed by atoms with Crippen molar-refractivity contribution in [3.8, 4) is 28.3 Å². The molecule has 1 heterocycles. The van der Waals surface area contributed by atoms with Crippen LogP contribution in [0.15, 0.2) is 59.5 Å². The minimum atomic E-state index is -3.33. The Hall–Kier alpha value is -2.77. The lowest BCUT2D eigenvalue weighted by Crippen LogP contribution is -2.07. The molecule has 0 saturated carbocycles. The maximum absolute atomic E-state index is 13.4. The van der Waals surface area contributed by atoms with Crippen LogP contribution in [-0.2, 0) is 9.84 Å². The van der Waals surface area contributed by atoms with Crippen LogP contribution in [0.3, 0.4) is 0 Å². The maximum atomic E-state index is 13.4. The Morgan fingerprint density at radius 2 is 1.68 bits per heavy atom. The molecule has 3 aromatic rings. The highest BCUT2D eigenvalue weighted by atomic mass is 32.2. The van der Waals surface area contributed by atoms with E-state index in [1.54, 1.807) is 37.3 Å². The number of sulfone groups is 1. The number of benzene rings is 2. The van der Waals surface area contributed by atoms with Crippen molar-refractivity contribution in [1.29, 1.82) is 0 Å². The highest BCUT2D eigenvalue weighted by molar-refractivity contribution is 7.90. The third-order valence-corrected chi connectivity index (χ3v) is 6.04. The first-order valence-corrected chi connectivity index (χ1v) is 12.0. The molecule has 0 aliphatic heterocycles. The molecule has 0 saturated heterocycles. The number of aliphatic hydroxyl groups is 1. The molecule has 31 heavy (non-hydrogen) atoms. The molecule has 2 aromatic carbocycles. The van der Waals surface area contributed by atoms with Gasteiger partial charge >= 0.3 is 0 Å². The summed E-state index contributed by atoms with van der Waals surface area (Å²) in [6.45, 7) is 4.13. The summed E-state index contributed by atoms with van der Waals surface area (Å²) in [4.78, 5) is 4.82. The van der Waals surface area contributed by atoms with E-state index in [4.69, 9.17) is 4.74 Å². The molecule has 0 aliphatic rings. The average molecular weight is 444 g/mol. The molecule has 0 fully saturated rings. The van der Waals surface area contributed by atoms with Crippen molar-refractivity contribution in [2.45, 2.75) is 37.7 Å². The van der Waals surface area contributed by atoms with Crippen molar-refractivity contribution in [1.82, 2.24) is 4.98 Å². The molecule has 7 heteroatoms. The summed E-state index contributed by atoms with van der Waals surface area (Å²) in [7, 11) is -3.33. The number of hydrogen-bond donors (Lipinski definition) is 1. The molecule has 164 valence electrons. The molecule has 5 nitrogen and oxygen atoms in total. The number of rotatable bonds is 8. The number of aromatic nitrogens is 1. The average Bonchev–Trinajstić information content (AvgIpc) is 2.73. The summed E-state index contributed by atoms with van der Waals surface area (Å²) >= 11 is 0. The summed E-state index contributed by atoms with van der Waals surface area (Å²) < 4.78 is 43.0. The van der Waals surface area contributed by atoms with Crippen LogP contribution in [0.4, 0.5) is 4.39 Å². The van der Waals surface area contributed by atoms with Crippen molar-refractivity contribution in [2.24, 2.45) is 0 Å². The lowest BCUT2D eigenvalue weighted by molar-refractivity contribution is 0.189. The lowest BCUT2D eigenvalue weighted by atomic mass is 9.95. The number of aliphatic hydroxyl groups excluding tert-OH is 1. The maximum Gasteiger partial charge on any atom is 0.220 e. The molecule has 1 atom stereocenters. The normalized spacial score (nSPS) is 12.5. The van der Waals surface area contributed by atoms with Crippen molar-refractivity contribution in [2.75, 3.05) is 12.9 Å². The molecule has 0 amide bonds. The Morgan fingerprint density at radius 1 is 1.06 bits per heavy atom. The van der Waals surface area contributed by atoms with Gasteiger partial charge in [0.1, 0.15) is 5.82 Å². The van der Waals surface area contributed by atoms with Crippen LogP contribution < -0.4 is 4.74 Å². The molecule has 0 spiro atoms.